The van der Waals surface area contributed by atoms with Crippen LogP contribution in [0.2, 0.25) is 5.02 Å². The van der Waals surface area contributed by atoms with Crippen LogP contribution in [0.25, 0.3) is 6.08 Å². The molecular formula is C25H20ClIN2O3S. The van der Waals surface area contributed by atoms with Gasteiger partial charge in [-0.3, -0.25) is 4.79 Å². The van der Waals surface area contributed by atoms with Gasteiger partial charge in [0.25, 0.3) is 5.91 Å². The summed E-state index contributed by atoms with van der Waals surface area (Å²) in [6.07, 6.45) is 1.83. The summed E-state index contributed by atoms with van der Waals surface area (Å²) in [7, 11) is 0. The van der Waals surface area contributed by atoms with E-state index in [1.807, 2.05) is 79.7 Å². The Kier molecular flexibility index (Phi) is 7.95. The summed E-state index contributed by atoms with van der Waals surface area (Å²) < 4.78 is 12.8. The van der Waals surface area contributed by atoms with Crippen molar-refractivity contribution in [1.29, 1.82) is 0 Å². The van der Waals surface area contributed by atoms with Gasteiger partial charge < -0.3 is 14.8 Å². The van der Waals surface area contributed by atoms with E-state index in [4.69, 9.17) is 21.1 Å². The van der Waals surface area contributed by atoms with E-state index in [0.717, 1.165) is 20.4 Å². The molecule has 0 radical (unpaired) electrons. The molecule has 1 aliphatic rings. The number of nitrogens with zero attached hydrogens (tertiary/aromatic N) is 1. The van der Waals surface area contributed by atoms with Crippen molar-refractivity contribution in [1.82, 2.24) is 5.32 Å². The maximum Gasteiger partial charge on any atom is 0.264 e. The van der Waals surface area contributed by atoms with Gasteiger partial charge in [0.2, 0.25) is 0 Å². The third-order valence-electron chi connectivity index (χ3n) is 4.60. The van der Waals surface area contributed by atoms with Gasteiger partial charge in [-0.15, -0.1) is 0 Å². The van der Waals surface area contributed by atoms with E-state index in [9.17, 15) is 4.79 Å². The van der Waals surface area contributed by atoms with Gasteiger partial charge in [0.05, 0.1) is 20.8 Å². The highest BCUT2D eigenvalue weighted by atomic mass is 127. The Hall–Kier alpha value is -2.49. The predicted molar refractivity (Wildman–Crippen MR) is 143 cm³/mol. The second kappa shape index (κ2) is 11.1. The molecule has 1 fully saturated rings. The molecule has 0 spiro atoms. The van der Waals surface area contributed by atoms with Gasteiger partial charge in [0, 0.05) is 10.6 Å². The van der Waals surface area contributed by atoms with E-state index in [2.05, 4.69) is 32.9 Å². The molecule has 0 bridgehead atoms. The molecule has 3 aromatic rings. The highest BCUT2D eigenvalue weighted by molar-refractivity contribution is 14.1. The largest absolute Gasteiger partial charge is 0.490 e. The average Bonchev–Trinajstić information content (AvgIpc) is 3.13. The second-order valence-corrected chi connectivity index (χ2v) is 9.56. The fourth-order valence-corrected chi connectivity index (χ4v) is 4.90. The first-order valence-corrected chi connectivity index (χ1v) is 12.5. The maximum absolute atomic E-state index is 12.5. The van der Waals surface area contributed by atoms with Gasteiger partial charge in [0.1, 0.15) is 6.61 Å². The van der Waals surface area contributed by atoms with Gasteiger partial charge in [-0.25, -0.2) is 4.99 Å². The number of hydrogen-bond donors (Lipinski definition) is 1. The lowest BCUT2D eigenvalue weighted by atomic mass is 10.1. The number of aliphatic imine (C=N–C) groups is 1. The summed E-state index contributed by atoms with van der Waals surface area (Å²) in [6.45, 7) is 2.73. The summed E-state index contributed by atoms with van der Waals surface area (Å²) in [5.74, 6) is 1.08. The van der Waals surface area contributed by atoms with Crippen molar-refractivity contribution in [3.63, 3.8) is 0 Å². The Labute approximate surface area is 215 Å². The quantitative estimate of drug-likeness (QED) is 0.243. The van der Waals surface area contributed by atoms with Gasteiger partial charge >= 0.3 is 0 Å². The zero-order chi connectivity index (χ0) is 23.2. The van der Waals surface area contributed by atoms with Gasteiger partial charge in [-0.2, -0.15) is 0 Å². The smallest absolute Gasteiger partial charge is 0.264 e. The van der Waals surface area contributed by atoms with Crippen molar-refractivity contribution in [2.75, 3.05) is 6.61 Å². The van der Waals surface area contributed by atoms with Crippen LogP contribution in [0.5, 0.6) is 11.5 Å². The standard InChI is InChI=1S/C25H20ClIN2O3S/c1-2-31-21-13-16(12-20(27)23(21)32-15-17-8-6-7-11-19(17)26)14-22-24(30)29-25(33-22)28-18-9-4-3-5-10-18/h3-14H,2,15H2,1H3,(H,28,29,30)/b22-14-. The lowest BCUT2D eigenvalue weighted by molar-refractivity contribution is -0.115. The fourth-order valence-electron chi connectivity index (χ4n) is 3.09. The number of nitrogens with one attached hydrogen (secondary N) is 1. The Bertz CT molecular complexity index is 1230. The third kappa shape index (κ3) is 6.10. The summed E-state index contributed by atoms with van der Waals surface area (Å²) in [5.41, 5.74) is 2.52. The van der Waals surface area contributed by atoms with Crippen LogP contribution in [0, 0.1) is 3.57 Å². The minimum absolute atomic E-state index is 0.179. The zero-order valence-corrected chi connectivity index (χ0v) is 21.4. The fraction of sp³-hybridized carbons (Fsp3) is 0.120. The van der Waals surface area contributed by atoms with Crippen LogP contribution in [0.4, 0.5) is 5.69 Å². The molecule has 1 amide bonds. The number of carbonyl (C=O) groups is 1. The molecule has 0 unspecified atom stereocenters. The number of thioether (sulfide) groups is 1. The number of amides is 1. The Morgan fingerprint density at radius 2 is 1.85 bits per heavy atom. The molecule has 1 N–H and O–H groups in total. The molecule has 0 aromatic heterocycles. The molecule has 3 aromatic carbocycles. The van der Waals surface area contributed by atoms with Crippen molar-refractivity contribution in [2.24, 2.45) is 4.99 Å². The lowest BCUT2D eigenvalue weighted by Crippen LogP contribution is -2.19. The van der Waals surface area contributed by atoms with Crippen molar-refractivity contribution < 1.29 is 14.3 Å². The maximum atomic E-state index is 12.5. The van der Waals surface area contributed by atoms with E-state index < -0.39 is 0 Å². The van der Waals surface area contributed by atoms with E-state index in [0.29, 0.717) is 39.8 Å². The first kappa shape index (κ1) is 23.7. The lowest BCUT2D eigenvalue weighted by Gasteiger charge is -2.15. The van der Waals surface area contributed by atoms with Crippen LogP contribution in [0.1, 0.15) is 18.1 Å². The number of ether oxygens (including phenoxy) is 2. The molecule has 0 saturated carbocycles. The number of rotatable bonds is 7. The summed E-state index contributed by atoms with van der Waals surface area (Å²) in [4.78, 5) is 17.5. The van der Waals surface area contributed by atoms with Crippen LogP contribution >= 0.6 is 46.0 Å². The topological polar surface area (TPSA) is 59.9 Å². The molecule has 5 nitrogen and oxygen atoms in total. The van der Waals surface area contributed by atoms with Crippen molar-refractivity contribution in [3.05, 3.63) is 91.4 Å². The summed E-state index contributed by atoms with van der Waals surface area (Å²) >= 11 is 9.78. The van der Waals surface area contributed by atoms with E-state index in [1.54, 1.807) is 0 Å². The number of carbonyl (C=O) groups excluding carboxylic acids is 1. The molecule has 8 heteroatoms. The van der Waals surface area contributed by atoms with Crippen LogP contribution in [-0.2, 0) is 11.4 Å². The molecule has 0 atom stereocenters. The Morgan fingerprint density at radius 1 is 1.09 bits per heavy atom. The monoisotopic (exact) mass is 590 g/mol. The number of amidine groups is 1. The molecule has 1 saturated heterocycles. The summed E-state index contributed by atoms with van der Waals surface area (Å²) in [6, 6.07) is 20.9. The molecule has 1 heterocycles. The molecule has 4 rings (SSSR count). The number of benzene rings is 3. The summed E-state index contributed by atoms with van der Waals surface area (Å²) in [5, 5.41) is 4.03. The van der Waals surface area contributed by atoms with E-state index in [1.165, 1.54) is 11.8 Å². The Morgan fingerprint density at radius 3 is 2.61 bits per heavy atom. The number of halogens is 2. The first-order chi connectivity index (χ1) is 16.0. The van der Waals surface area contributed by atoms with Gasteiger partial charge in [-0.05, 0) is 83.2 Å². The van der Waals surface area contributed by atoms with E-state index >= 15 is 0 Å². The van der Waals surface area contributed by atoms with Gasteiger partial charge in [-0.1, -0.05) is 48.0 Å². The SMILES string of the molecule is CCOc1cc(/C=C2\SC(=Nc3ccccc3)NC2=O)cc(I)c1OCc1ccccc1Cl. The number of hydrogen-bond acceptors (Lipinski definition) is 5. The zero-order valence-electron chi connectivity index (χ0n) is 17.7. The normalized spacial score (nSPS) is 15.7. The predicted octanol–water partition coefficient (Wildman–Crippen LogP) is 6.81. The van der Waals surface area contributed by atoms with Gasteiger partial charge in [0.15, 0.2) is 16.7 Å². The molecule has 0 aliphatic carbocycles. The van der Waals surface area contributed by atoms with Crippen LogP contribution in [0.15, 0.2) is 76.6 Å². The molecule has 33 heavy (non-hydrogen) atoms. The van der Waals surface area contributed by atoms with Crippen molar-refractivity contribution >= 4 is 68.8 Å². The highest BCUT2D eigenvalue weighted by Crippen LogP contribution is 2.37. The van der Waals surface area contributed by atoms with Crippen LogP contribution in [-0.4, -0.2) is 17.7 Å². The minimum Gasteiger partial charge on any atom is -0.490 e. The van der Waals surface area contributed by atoms with Crippen molar-refractivity contribution in [3.8, 4) is 11.5 Å². The highest BCUT2D eigenvalue weighted by Gasteiger charge is 2.24. The number of para-hydroxylation sites is 1. The van der Waals surface area contributed by atoms with Crippen molar-refractivity contribution in [2.45, 2.75) is 13.5 Å². The van der Waals surface area contributed by atoms with Crippen LogP contribution < -0.4 is 14.8 Å². The van der Waals surface area contributed by atoms with E-state index in [-0.39, 0.29) is 5.91 Å². The molecular weight excluding hydrogens is 571 g/mol. The minimum atomic E-state index is -0.179. The van der Waals surface area contributed by atoms with Crippen LogP contribution in [0.3, 0.4) is 0 Å². The third-order valence-corrected chi connectivity index (χ3v) is 6.68. The molecule has 1 aliphatic heterocycles. The molecule has 168 valence electrons. The average molecular weight is 591 g/mol. The Balaban J connectivity index is 1.57. The first-order valence-electron chi connectivity index (χ1n) is 10.2. The second-order valence-electron chi connectivity index (χ2n) is 6.96.